The first-order chi connectivity index (χ1) is 9.77. The SMILES string of the molecule is CC(N)C(c1cccs1)N1CCCC1c1cccnc1. The van der Waals surface area contributed by atoms with Crippen LogP contribution in [0.2, 0.25) is 0 Å². The minimum Gasteiger partial charge on any atom is -0.326 e. The van der Waals surface area contributed by atoms with E-state index in [9.17, 15) is 0 Å². The zero-order chi connectivity index (χ0) is 13.9. The van der Waals surface area contributed by atoms with Crippen LogP contribution >= 0.6 is 11.3 Å². The zero-order valence-corrected chi connectivity index (χ0v) is 12.6. The molecule has 1 aliphatic heterocycles. The smallest absolute Gasteiger partial charge is 0.0595 e. The molecule has 20 heavy (non-hydrogen) atoms. The zero-order valence-electron chi connectivity index (χ0n) is 11.8. The van der Waals surface area contributed by atoms with Gasteiger partial charge in [0.15, 0.2) is 0 Å². The maximum absolute atomic E-state index is 6.30. The highest BCUT2D eigenvalue weighted by atomic mass is 32.1. The van der Waals surface area contributed by atoms with Crippen molar-refractivity contribution in [2.75, 3.05) is 6.54 Å². The number of aromatic nitrogens is 1. The molecule has 2 aromatic heterocycles. The van der Waals surface area contributed by atoms with E-state index in [-0.39, 0.29) is 6.04 Å². The summed E-state index contributed by atoms with van der Waals surface area (Å²) in [7, 11) is 0. The molecule has 1 aliphatic rings. The van der Waals surface area contributed by atoms with E-state index in [1.54, 1.807) is 11.3 Å². The van der Waals surface area contributed by atoms with E-state index < -0.39 is 0 Å². The van der Waals surface area contributed by atoms with Gasteiger partial charge < -0.3 is 5.73 Å². The summed E-state index contributed by atoms with van der Waals surface area (Å²) in [4.78, 5) is 8.21. The highest BCUT2D eigenvalue weighted by molar-refractivity contribution is 7.10. The maximum Gasteiger partial charge on any atom is 0.0595 e. The number of hydrogen-bond donors (Lipinski definition) is 1. The Labute approximate surface area is 124 Å². The Kier molecular flexibility index (Phi) is 4.15. The van der Waals surface area contributed by atoms with Crippen molar-refractivity contribution in [1.29, 1.82) is 0 Å². The molecule has 2 aromatic rings. The van der Waals surface area contributed by atoms with Crippen molar-refractivity contribution in [2.24, 2.45) is 5.73 Å². The van der Waals surface area contributed by atoms with Crippen molar-refractivity contribution >= 4 is 11.3 Å². The number of hydrogen-bond acceptors (Lipinski definition) is 4. The number of pyridine rings is 1. The summed E-state index contributed by atoms with van der Waals surface area (Å²) in [6.45, 7) is 3.23. The minimum atomic E-state index is 0.130. The van der Waals surface area contributed by atoms with Gasteiger partial charge in [-0.15, -0.1) is 11.3 Å². The molecule has 3 heterocycles. The molecule has 0 aromatic carbocycles. The van der Waals surface area contributed by atoms with Crippen LogP contribution in [-0.2, 0) is 0 Å². The third-order valence-electron chi connectivity index (χ3n) is 4.05. The van der Waals surface area contributed by atoms with Crippen molar-refractivity contribution in [3.63, 3.8) is 0 Å². The number of nitrogens with zero attached hydrogens (tertiary/aromatic N) is 2. The largest absolute Gasteiger partial charge is 0.326 e. The van der Waals surface area contributed by atoms with Crippen molar-refractivity contribution in [1.82, 2.24) is 9.88 Å². The number of rotatable bonds is 4. The Morgan fingerprint density at radius 1 is 1.40 bits per heavy atom. The average Bonchev–Trinajstić information content (AvgIpc) is 3.11. The van der Waals surface area contributed by atoms with Gasteiger partial charge in [-0.2, -0.15) is 0 Å². The minimum absolute atomic E-state index is 0.130. The standard InChI is InChI=1S/C16H21N3S/c1-12(17)16(15-7-4-10-20-15)19-9-3-6-14(19)13-5-2-8-18-11-13/h2,4-5,7-8,10-12,14,16H,3,6,9,17H2,1H3. The Morgan fingerprint density at radius 2 is 2.30 bits per heavy atom. The Bertz CT molecular complexity index is 524. The van der Waals surface area contributed by atoms with Gasteiger partial charge in [-0.05, 0) is 49.4 Å². The van der Waals surface area contributed by atoms with Gasteiger partial charge in [-0.25, -0.2) is 0 Å². The quantitative estimate of drug-likeness (QED) is 0.937. The fraction of sp³-hybridized carbons (Fsp3) is 0.438. The van der Waals surface area contributed by atoms with E-state index in [1.165, 1.54) is 23.3 Å². The van der Waals surface area contributed by atoms with E-state index in [0.29, 0.717) is 12.1 Å². The third-order valence-corrected chi connectivity index (χ3v) is 5.00. The molecular weight excluding hydrogens is 266 g/mol. The molecule has 106 valence electrons. The molecule has 1 fully saturated rings. The van der Waals surface area contributed by atoms with Crippen LogP contribution < -0.4 is 5.73 Å². The first-order valence-corrected chi connectivity index (χ1v) is 8.10. The monoisotopic (exact) mass is 287 g/mol. The normalized spacial score (nSPS) is 22.8. The van der Waals surface area contributed by atoms with E-state index in [4.69, 9.17) is 5.73 Å². The molecule has 0 saturated carbocycles. The van der Waals surface area contributed by atoms with Crippen molar-refractivity contribution in [2.45, 2.75) is 37.9 Å². The predicted molar refractivity (Wildman–Crippen MR) is 83.6 cm³/mol. The maximum atomic E-state index is 6.30. The molecule has 0 aliphatic carbocycles. The molecule has 0 spiro atoms. The first-order valence-electron chi connectivity index (χ1n) is 7.22. The molecule has 3 nitrogen and oxygen atoms in total. The van der Waals surface area contributed by atoms with E-state index in [1.807, 2.05) is 18.5 Å². The second-order valence-corrected chi connectivity index (χ2v) is 6.48. The van der Waals surface area contributed by atoms with Gasteiger partial charge in [0.1, 0.15) is 0 Å². The van der Waals surface area contributed by atoms with E-state index >= 15 is 0 Å². The van der Waals surface area contributed by atoms with Crippen molar-refractivity contribution in [3.05, 3.63) is 52.5 Å². The van der Waals surface area contributed by atoms with Crippen LogP contribution in [0.25, 0.3) is 0 Å². The highest BCUT2D eigenvalue weighted by Gasteiger charge is 2.34. The summed E-state index contributed by atoms with van der Waals surface area (Å²) < 4.78 is 0. The van der Waals surface area contributed by atoms with E-state index in [2.05, 4.69) is 40.4 Å². The molecule has 3 rings (SSSR count). The molecule has 3 atom stereocenters. The van der Waals surface area contributed by atoms with Gasteiger partial charge in [0, 0.05) is 29.4 Å². The lowest BCUT2D eigenvalue weighted by Gasteiger charge is -2.35. The Morgan fingerprint density at radius 3 is 2.95 bits per heavy atom. The molecular formula is C16H21N3S. The summed E-state index contributed by atoms with van der Waals surface area (Å²) in [5.74, 6) is 0. The summed E-state index contributed by atoms with van der Waals surface area (Å²) in [6.07, 6.45) is 6.26. The molecule has 2 N–H and O–H groups in total. The van der Waals surface area contributed by atoms with E-state index in [0.717, 1.165) is 6.54 Å². The lowest BCUT2D eigenvalue weighted by Crippen LogP contribution is -2.38. The summed E-state index contributed by atoms with van der Waals surface area (Å²) >= 11 is 1.81. The second-order valence-electron chi connectivity index (χ2n) is 5.50. The lowest BCUT2D eigenvalue weighted by atomic mass is 10.0. The van der Waals surface area contributed by atoms with Gasteiger partial charge in [-0.3, -0.25) is 9.88 Å². The predicted octanol–water partition coefficient (Wildman–Crippen LogP) is 3.37. The third kappa shape index (κ3) is 2.64. The molecule has 1 saturated heterocycles. The van der Waals surface area contributed by atoms with Gasteiger partial charge in [-0.1, -0.05) is 12.1 Å². The van der Waals surface area contributed by atoms with Crippen LogP contribution in [0.15, 0.2) is 42.0 Å². The highest BCUT2D eigenvalue weighted by Crippen LogP contribution is 2.40. The van der Waals surface area contributed by atoms with Crippen molar-refractivity contribution in [3.8, 4) is 0 Å². The Hall–Kier alpha value is -1.23. The summed E-state index contributed by atoms with van der Waals surface area (Å²) in [6, 6.07) is 9.41. The second kappa shape index (κ2) is 6.04. The number of nitrogens with two attached hydrogens (primary N) is 1. The van der Waals surface area contributed by atoms with Gasteiger partial charge in [0.25, 0.3) is 0 Å². The molecule has 3 unspecified atom stereocenters. The molecule has 0 radical (unpaired) electrons. The lowest BCUT2D eigenvalue weighted by molar-refractivity contribution is 0.163. The fourth-order valence-corrected chi connectivity index (χ4v) is 4.20. The topological polar surface area (TPSA) is 42.1 Å². The molecule has 0 bridgehead atoms. The molecule has 0 amide bonds. The van der Waals surface area contributed by atoms with Crippen LogP contribution in [0, 0.1) is 0 Å². The van der Waals surface area contributed by atoms with Gasteiger partial charge in [0.05, 0.1) is 6.04 Å². The number of thiophene rings is 1. The summed E-state index contributed by atoms with van der Waals surface area (Å²) in [5, 5.41) is 2.14. The van der Waals surface area contributed by atoms with Crippen LogP contribution in [-0.4, -0.2) is 22.5 Å². The van der Waals surface area contributed by atoms with Crippen molar-refractivity contribution < 1.29 is 0 Å². The van der Waals surface area contributed by atoms with Crippen LogP contribution in [0.1, 0.15) is 42.3 Å². The summed E-state index contributed by atoms with van der Waals surface area (Å²) in [5.41, 5.74) is 7.61. The van der Waals surface area contributed by atoms with Gasteiger partial charge in [0.2, 0.25) is 0 Å². The fourth-order valence-electron chi connectivity index (χ4n) is 3.24. The average molecular weight is 287 g/mol. The van der Waals surface area contributed by atoms with Gasteiger partial charge >= 0.3 is 0 Å². The van der Waals surface area contributed by atoms with Crippen LogP contribution in [0.4, 0.5) is 0 Å². The van der Waals surface area contributed by atoms with Crippen LogP contribution in [0.5, 0.6) is 0 Å². The van der Waals surface area contributed by atoms with Crippen LogP contribution in [0.3, 0.4) is 0 Å². The molecule has 4 heteroatoms. The number of likely N-dealkylation sites (tertiary alicyclic amines) is 1. The first kappa shape index (κ1) is 13.7. The Balaban J connectivity index is 1.90.